The van der Waals surface area contributed by atoms with Gasteiger partial charge in [0.15, 0.2) is 5.49 Å². The molecule has 2 atom stereocenters. The minimum absolute atomic E-state index is 0.0366. The Balaban J connectivity index is 2.08. The van der Waals surface area contributed by atoms with Crippen LogP contribution in [0.25, 0.3) is 0 Å². The van der Waals surface area contributed by atoms with Gasteiger partial charge in [-0.2, -0.15) is 18.2 Å². The first-order valence-corrected chi connectivity index (χ1v) is 12.2. The van der Waals surface area contributed by atoms with Crippen molar-refractivity contribution >= 4 is 5.91 Å². The molecule has 0 bridgehead atoms. The average Bonchev–Trinajstić information content (AvgIpc) is 3.40. The second-order valence-corrected chi connectivity index (χ2v) is 10.6. The van der Waals surface area contributed by atoms with E-state index >= 15 is 0 Å². The molecular formula is C26H36F3N3O4. The van der Waals surface area contributed by atoms with Gasteiger partial charge in [0.2, 0.25) is 0 Å². The molecule has 0 spiro atoms. The quantitative estimate of drug-likeness (QED) is 0.596. The van der Waals surface area contributed by atoms with Gasteiger partial charge in [0.05, 0.1) is 29.9 Å². The number of amides is 1. The number of hydrogen-bond donors (Lipinski definition) is 1. The molecule has 1 fully saturated rings. The molecular weight excluding hydrogens is 475 g/mol. The standard InChI is InChI=1S/C26H36F3N3O4/c1-16(2)20(33)15-36-21-10-9-17(26(27,28)29)12-19(21)24(34)30-23-13-22(25(3,4)5)31(6)32(23)14-18-8-7-11-35-18/h9-10,12-13,16,18,20,33H,7-8,11,14-15H2,1-6H3/t18-,20+/m1/s1. The number of carbonyl (C=O) groups is 1. The highest BCUT2D eigenvalue weighted by molar-refractivity contribution is 5.97. The Morgan fingerprint density at radius 2 is 1.94 bits per heavy atom. The van der Waals surface area contributed by atoms with E-state index in [9.17, 15) is 23.1 Å². The van der Waals surface area contributed by atoms with Crippen LogP contribution >= 0.6 is 0 Å². The topological polar surface area (TPSA) is 78.0 Å². The third-order valence-corrected chi connectivity index (χ3v) is 6.34. The van der Waals surface area contributed by atoms with Crippen molar-refractivity contribution in [2.45, 2.75) is 77.8 Å². The molecule has 1 saturated heterocycles. The number of aliphatic hydroxyl groups is 1. The molecule has 10 heteroatoms. The Hall–Kier alpha value is -2.59. The molecule has 36 heavy (non-hydrogen) atoms. The molecule has 1 amide bonds. The Labute approximate surface area is 209 Å². The van der Waals surface area contributed by atoms with Gasteiger partial charge < -0.3 is 14.6 Å². The van der Waals surface area contributed by atoms with Gasteiger partial charge >= 0.3 is 6.18 Å². The van der Waals surface area contributed by atoms with Crippen LogP contribution in [0, 0.1) is 5.92 Å². The zero-order chi connectivity index (χ0) is 26.8. The molecule has 0 aliphatic carbocycles. The van der Waals surface area contributed by atoms with Gasteiger partial charge in [-0.25, -0.2) is 0 Å². The van der Waals surface area contributed by atoms with Crippen LogP contribution in [0.3, 0.4) is 0 Å². The summed E-state index contributed by atoms with van der Waals surface area (Å²) in [5.74, 6) is -1.04. The van der Waals surface area contributed by atoms with E-state index in [0.717, 1.165) is 36.7 Å². The van der Waals surface area contributed by atoms with E-state index in [1.165, 1.54) is 0 Å². The average molecular weight is 512 g/mol. The van der Waals surface area contributed by atoms with Gasteiger partial charge in [0.1, 0.15) is 12.4 Å². The summed E-state index contributed by atoms with van der Waals surface area (Å²) in [4.78, 5) is 17.6. The molecule has 0 unspecified atom stereocenters. The number of aromatic nitrogens is 2. The highest BCUT2D eigenvalue weighted by Gasteiger charge is 2.32. The molecule has 1 aromatic carbocycles. The molecule has 3 rings (SSSR count). The molecule has 0 saturated carbocycles. The Kier molecular flexibility index (Phi) is 8.40. The van der Waals surface area contributed by atoms with Gasteiger partial charge in [0.25, 0.3) is 5.91 Å². The van der Waals surface area contributed by atoms with Crippen LogP contribution in [-0.4, -0.2) is 45.8 Å². The van der Waals surface area contributed by atoms with Crippen LogP contribution in [-0.2, 0) is 29.9 Å². The lowest BCUT2D eigenvalue weighted by molar-refractivity contribution is -0.137. The zero-order valence-electron chi connectivity index (χ0n) is 21.7. The number of halogens is 3. The summed E-state index contributed by atoms with van der Waals surface area (Å²) in [6, 6.07) is 4.49. The van der Waals surface area contributed by atoms with E-state index in [-0.39, 0.29) is 35.4 Å². The highest BCUT2D eigenvalue weighted by atomic mass is 19.4. The van der Waals surface area contributed by atoms with Crippen LogP contribution in [0.2, 0.25) is 0 Å². The van der Waals surface area contributed by atoms with E-state index in [1.54, 1.807) is 19.9 Å². The first-order valence-electron chi connectivity index (χ1n) is 12.2. The maximum atomic E-state index is 13.4. The normalized spacial score (nSPS) is 18.2. The fourth-order valence-corrected chi connectivity index (χ4v) is 4.09. The van der Waals surface area contributed by atoms with Crippen LogP contribution in [0.15, 0.2) is 29.3 Å². The number of benzene rings is 1. The van der Waals surface area contributed by atoms with Crippen LogP contribution in [0.4, 0.5) is 13.2 Å². The van der Waals surface area contributed by atoms with Crippen LogP contribution < -0.4 is 10.2 Å². The lowest BCUT2D eigenvalue weighted by Gasteiger charge is -2.21. The summed E-state index contributed by atoms with van der Waals surface area (Å²) in [7, 11) is 1.87. The first kappa shape index (κ1) is 28.0. The molecule has 0 radical (unpaired) electrons. The van der Waals surface area contributed by atoms with Crippen molar-refractivity contribution in [3.05, 3.63) is 46.6 Å². The van der Waals surface area contributed by atoms with Crippen LogP contribution in [0.5, 0.6) is 5.75 Å². The summed E-state index contributed by atoms with van der Waals surface area (Å²) >= 11 is 0. The van der Waals surface area contributed by atoms with Gasteiger partial charge in [-0.1, -0.05) is 34.6 Å². The summed E-state index contributed by atoms with van der Waals surface area (Å²) in [6.07, 6.45) is -3.70. The van der Waals surface area contributed by atoms with E-state index in [1.807, 2.05) is 37.2 Å². The second kappa shape index (κ2) is 10.8. The number of ether oxygens (including phenoxy) is 2. The highest BCUT2D eigenvalue weighted by Crippen LogP contribution is 2.33. The number of rotatable bonds is 7. The molecule has 2 heterocycles. The fourth-order valence-electron chi connectivity index (χ4n) is 4.09. The zero-order valence-corrected chi connectivity index (χ0v) is 21.7. The molecule has 2 aromatic rings. The number of hydrogen-bond acceptors (Lipinski definition) is 4. The van der Waals surface area contributed by atoms with E-state index in [2.05, 4.69) is 4.99 Å². The maximum Gasteiger partial charge on any atom is 0.416 e. The molecule has 1 aliphatic heterocycles. The molecule has 200 valence electrons. The smallest absolute Gasteiger partial charge is 0.416 e. The van der Waals surface area contributed by atoms with E-state index in [4.69, 9.17) is 9.47 Å². The van der Waals surface area contributed by atoms with Crippen molar-refractivity contribution in [1.82, 2.24) is 9.36 Å². The summed E-state index contributed by atoms with van der Waals surface area (Å²) in [5.41, 5.74) is -0.318. The second-order valence-electron chi connectivity index (χ2n) is 10.6. The number of nitrogens with zero attached hydrogens (tertiary/aromatic N) is 3. The Morgan fingerprint density at radius 1 is 1.25 bits per heavy atom. The lowest BCUT2D eigenvalue weighted by atomic mass is 9.92. The number of alkyl halides is 3. The van der Waals surface area contributed by atoms with E-state index in [0.29, 0.717) is 18.6 Å². The fraction of sp³-hybridized carbons (Fsp3) is 0.615. The predicted molar refractivity (Wildman–Crippen MR) is 129 cm³/mol. The maximum absolute atomic E-state index is 13.4. The summed E-state index contributed by atoms with van der Waals surface area (Å²) in [5, 5.41) is 10.1. The lowest BCUT2D eigenvalue weighted by Crippen LogP contribution is -2.30. The van der Waals surface area contributed by atoms with Gasteiger partial charge in [-0.05, 0) is 37.0 Å². The van der Waals surface area contributed by atoms with Crippen molar-refractivity contribution in [1.29, 1.82) is 0 Å². The molecule has 1 aliphatic rings. The number of aliphatic hydroxyl groups excluding tert-OH is 1. The number of carbonyl (C=O) groups excluding carboxylic acids is 1. The molecule has 7 nitrogen and oxygen atoms in total. The Bertz CT molecular complexity index is 1140. The third kappa shape index (κ3) is 6.59. The van der Waals surface area contributed by atoms with Crippen LogP contribution in [0.1, 0.15) is 69.1 Å². The van der Waals surface area contributed by atoms with E-state index < -0.39 is 23.8 Å². The molecule has 1 aromatic heterocycles. The minimum Gasteiger partial charge on any atom is -0.490 e. The summed E-state index contributed by atoms with van der Waals surface area (Å²) < 4.78 is 55.4. The predicted octanol–water partition coefficient (Wildman–Crippen LogP) is 4.46. The van der Waals surface area contributed by atoms with Gasteiger partial charge in [-0.15, -0.1) is 0 Å². The van der Waals surface area contributed by atoms with Crippen molar-refractivity contribution in [2.24, 2.45) is 18.0 Å². The Morgan fingerprint density at radius 3 is 2.50 bits per heavy atom. The van der Waals surface area contributed by atoms with Gasteiger partial charge in [-0.3, -0.25) is 14.2 Å². The van der Waals surface area contributed by atoms with Crippen molar-refractivity contribution in [2.75, 3.05) is 13.2 Å². The van der Waals surface area contributed by atoms with Gasteiger partial charge in [0, 0.05) is 30.8 Å². The molecule has 1 N–H and O–H groups in total. The third-order valence-electron chi connectivity index (χ3n) is 6.34. The van der Waals surface area contributed by atoms with Crippen molar-refractivity contribution in [3.63, 3.8) is 0 Å². The van der Waals surface area contributed by atoms with Crippen molar-refractivity contribution in [3.8, 4) is 5.75 Å². The monoisotopic (exact) mass is 511 g/mol. The minimum atomic E-state index is -4.64. The summed E-state index contributed by atoms with van der Waals surface area (Å²) in [6.45, 7) is 10.6. The largest absolute Gasteiger partial charge is 0.490 e. The van der Waals surface area contributed by atoms with Crippen molar-refractivity contribution < 1.29 is 32.5 Å². The SMILES string of the molecule is CC(C)[C@@H](O)COc1ccc(C(F)(F)F)cc1C(=O)N=c1cc(C(C)(C)C)n(C)n1C[C@H]1CCCO1. The first-order chi connectivity index (χ1) is 16.7.